The Morgan fingerprint density at radius 1 is 1.18 bits per heavy atom. The van der Waals surface area contributed by atoms with Crippen LogP contribution in [0.25, 0.3) is 0 Å². The fraction of sp³-hybridized carbons (Fsp3) is 0.200. The zero-order valence-corrected chi connectivity index (χ0v) is 12.9. The van der Waals surface area contributed by atoms with Crippen LogP contribution in [-0.4, -0.2) is 34.4 Å². The molecule has 7 heteroatoms. The van der Waals surface area contributed by atoms with Crippen LogP contribution in [0.1, 0.15) is 20.8 Å². The van der Waals surface area contributed by atoms with Crippen molar-refractivity contribution in [3.05, 3.63) is 58.0 Å². The molecular formula is C15H14N2O4S. The van der Waals surface area contributed by atoms with Crippen molar-refractivity contribution in [2.45, 2.75) is 4.90 Å². The Hall–Kier alpha value is -2.41. The second-order valence-electron chi connectivity index (χ2n) is 4.41. The maximum Gasteiger partial charge on any atom is 0.359 e. The lowest BCUT2D eigenvalue weighted by atomic mass is 10.1. The topological polar surface area (TPSA) is 78.3 Å². The van der Waals surface area contributed by atoms with Gasteiger partial charge in [-0.2, -0.15) is 5.10 Å². The third kappa shape index (κ3) is 3.82. The molecule has 2 rings (SSSR count). The number of rotatable bonds is 5. The molecule has 0 N–H and O–H groups in total. The van der Waals surface area contributed by atoms with Gasteiger partial charge >= 0.3 is 5.97 Å². The Morgan fingerprint density at radius 2 is 1.86 bits per heavy atom. The monoisotopic (exact) mass is 318 g/mol. The molecule has 0 bridgehead atoms. The van der Waals surface area contributed by atoms with Crippen LogP contribution in [0.15, 0.2) is 46.1 Å². The van der Waals surface area contributed by atoms with Crippen LogP contribution < -0.4 is 5.56 Å². The highest BCUT2D eigenvalue weighted by molar-refractivity contribution is 7.98. The third-order valence-electron chi connectivity index (χ3n) is 2.92. The highest BCUT2D eigenvalue weighted by atomic mass is 32.2. The Labute approximate surface area is 131 Å². The zero-order chi connectivity index (χ0) is 16.1. The summed E-state index contributed by atoms with van der Waals surface area (Å²) in [5, 5.41) is 3.76. The molecule has 0 saturated heterocycles. The highest BCUT2D eigenvalue weighted by Gasteiger charge is 2.13. The van der Waals surface area contributed by atoms with E-state index >= 15 is 0 Å². The number of carbonyl (C=O) groups is 2. The Balaban J connectivity index is 1.99. The third-order valence-corrected chi connectivity index (χ3v) is 3.66. The number of aromatic nitrogens is 2. The van der Waals surface area contributed by atoms with Gasteiger partial charge in [-0.1, -0.05) is 12.1 Å². The Morgan fingerprint density at radius 3 is 2.45 bits per heavy atom. The predicted octanol–water partition coefficient (Wildman–Crippen LogP) is 1.54. The maximum absolute atomic E-state index is 11.9. The minimum absolute atomic E-state index is 0.0207. The first-order valence-electron chi connectivity index (χ1n) is 6.40. The number of esters is 1. The van der Waals surface area contributed by atoms with Crippen molar-refractivity contribution in [2.24, 2.45) is 7.05 Å². The van der Waals surface area contributed by atoms with Crippen molar-refractivity contribution in [1.29, 1.82) is 0 Å². The van der Waals surface area contributed by atoms with Gasteiger partial charge in [0.05, 0.1) is 0 Å². The first-order chi connectivity index (χ1) is 10.5. The molecule has 1 aromatic heterocycles. The van der Waals surface area contributed by atoms with E-state index in [1.807, 2.05) is 18.4 Å². The number of thioether (sulfide) groups is 1. The quantitative estimate of drug-likeness (QED) is 0.473. The van der Waals surface area contributed by atoms with Crippen molar-refractivity contribution >= 4 is 23.5 Å². The largest absolute Gasteiger partial charge is 0.453 e. The normalized spacial score (nSPS) is 10.3. The summed E-state index contributed by atoms with van der Waals surface area (Å²) < 4.78 is 5.95. The van der Waals surface area contributed by atoms with Gasteiger partial charge in [0.1, 0.15) is 0 Å². The number of ketones is 1. The molecular weight excluding hydrogens is 304 g/mol. The van der Waals surface area contributed by atoms with E-state index in [2.05, 4.69) is 5.10 Å². The number of nitrogens with zero attached hydrogens (tertiary/aromatic N) is 2. The molecule has 22 heavy (non-hydrogen) atoms. The van der Waals surface area contributed by atoms with E-state index in [0.29, 0.717) is 5.56 Å². The summed E-state index contributed by atoms with van der Waals surface area (Å²) in [4.78, 5) is 36.0. The molecule has 0 fully saturated rings. The van der Waals surface area contributed by atoms with Crippen LogP contribution in [0.3, 0.4) is 0 Å². The Kier molecular flexibility index (Phi) is 5.11. The smallest absolute Gasteiger partial charge is 0.359 e. The van der Waals surface area contributed by atoms with Gasteiger partial charge < -0.3 is 4.74 Å². The molecule has 0 radical (unpaired) electrons. The maximum atomic E-state index is 11.9. The van der Waals surface area contributed by atoms with E-state index in [4.69, 9.17) is 4.74 Å². The van der Waals surface area contributed by atoms with E-state index in [1.165, 1.54) is 19.2 Å². The average Bonchev–Trinajstić information content (AvgIpc) is 2.54. The number of aryl methyl sites for hydroxylation is 1. The second kappa shape index (κ2) is 7.04. The first kappa shape index (κ1) is 16.0. The van der Waals surface area contributed by atoms with Crippen molar-refractivity contribution in [2.75, 3.05) is 12.9 Å². The summed E-state index contributed by atoms with van der Waals surface area (Å²) in [7, 11) is 1.43. The van der Waals surface area contributed by atoms with E-state index < -0.39 is 5.97 Å². The molecule has 6 nitrogen and oxygen atoms in total. The number of hydrogen-bond acceptors (Lipinski definition) is 6. The standard InChI is InChI=1S/C15H14N2O4S/c1-17-14(19)8-7-12(16-17)15(20)21-9-13(18)10-3-5-11(22-2)6-4-10/h3-8H,9H2,1-2H3. The number of benzene rings is 1. The SMILES string of the molecule is CSc1ccc(C(=O)COC(=O)c2ccc(=O)n(C)n2)cc1. The second-order valence-corrected chi connectivity index (χ2v) is 5.29. The van der Waals surface area contributed by atoms with Gasteiger partial charge in [0.2, 0.25) is 0 Å². The fourth-order valence-corrected chi connectivity index (χ4v) is 2.08. The average molecular weight is 318 g/mol. The number of ether oxygens (including phenoxy) is 1. The summed E-state index contributed by atoms with van der Waals surface area (Å²) in [6, 6.07) is 9.51. The van der Waals surface area contributed by atoms with Gasteiger partial charge in [0.15, 0.2) is 18.1 Å². The van der Waals surface area contributed by atoms with Gasteiger partial charge in [-0.15, -0.1) is 11.8 Å². The van der Waals surface area contributed by atoms with Crippen LogP contribution in [-0.2, 0) is 11.8 Å². The molecule has 0 aliphatic carbocycles. The van der Waals surface area contributed by atoms with Crippen molar-refractivity contribution in [1.82, 2.24) is 9.78 Å². The zero-order valence-electron chi connectivity index (χ0n) is 12.1. The number of Topliss-reactive ketones (excluding diaryl/α,β-unsaturated/α-hetero) is 1. The summed E-state index contributed by atoms with van der Waals surface area (Å²) in [5.41, 5.74) is 0.119. The molecule has 0 spiro atoms. The molecule has 0 amide bonds. The van der Waals surface area contributed by atoms with E-state index in [-0.39, 0.29) is 23.6 Å². The van der Waals surface area contributed by atoms with Crippen molar-refractivity contribution in [3.63, 3.8) is 0 Å². The van der Waals surface area contributed by atoms with Gasteiger partial charge in [-0.3, -0.25) is 9.59 Å². The number of carbonyl (C=O) groups excluding carboxylic acids is 2. The van der Waals surface area contributed by atoms with Gasteiger partial charge in [-0.05, 0) is 24.5 Å². The molecule has 114 valence electrons. The van der Waals surface area contributed by atoms with E-state index in [9.17, 15) is 14.4 Å². The molecule has 2 aromatic rings. The summed E-state index contributed by atoms with van der Waals surface area (Å²) in [5.74, 6) is -1.05. The van der Waals surface area contributed by atoms with Crippen LogP contribution >= 0.6 is 11.8 Å². The first-order valence-corrected chi connectivity index (χ1v) is 7.62. The van der Waals surface area contributed by atoms with Crippen LogP contribution in [0.2, 0.25) is 0 Å². The lowest BCUT2D eigenvalue weighted by Crippen LogP contribution is -2.23. The Bertz CT molecular complexity index is 753. The van der Waals surface area contributed by atoms with Gasteiger partial charge in [0, 0.05) is 23.6 Å². The summed E-state index contributed by atoms with van der Waals surface area (Å²) >= 11 is 1.57. The molecule has 0 saturated carbocycles. The molecule has 0 unspecified atom stereocenters. The van der Waals surface area contributed by atoms with E-state index in [1.54, 1.807) is 23.9 Å². The highest BCUT2D eigenvalue weighted by Crippen LogP contribution is 2.15. The molecule has 0 atom stereocenters. The predicted molar refractivity (Wildman–Crippen MR) is 82.3 cm³/mol. The molecule has 0 aliphatic heterocycles. The minimum atomic E-state index is -0.746. The summed E-state index contributed by atoms with van der Waals surface area (Å²) in [6.45, 7) is -0.373. The molecule has 0 aliphatic rings. The van der Waals surface area contributed by atoms with Crippen LogP contribution in [0.5, 0.6) is 0 Å². The van der Waals surface area contributed by atoms with Crippen LogP contribution in [0.4, 0.5) is 0 Å². The van der Waals surface area contributed by atoms with Crippen molar-refractivity contribution < 1.29 is 14.3 Å². The molecule has 1 aromatic carbocycles. The summed E-state index contributed by atoms with van der Waals surface area (Å²) in [6.07, 6.45) is 1.94. The van der Waals surface area contributed by atoms with Crippen LogP contribution in [0, 0.1) is 0 Å². The van der Waals surface area contributed by atoms with Gasteiger partial charge in [-0.25, -0.2) is 9.48 Å². The minimum Gasteiger partial charge on any atom is -0.453 e. The lowest BCUT2D eigenvalue weighted by molar-refractivity contribution is 0.0466. The van der Waals surface area contributed by atoms with E-state index in [0.717, 1.165) is 9.58 Å². The van der Waals surface area contributed by atoms with Crippen molar-refractivity contribution in [3.8, 4) is 0 Å². The van der Waals surface area contributed by atoms with Gasteiger partial charge in [0.25, 0.3) is 5.56 Å². The lowest BCUT2D eigenvalue weighted by Gasteiger charge is -2.05. The molecule has 1 heterocycles. The number of hydrogen-bond donors (Lipinski definition) is 0. The fourth-order valence-electron chi connectivity index (χ4n) is 1.68.